The van der Waals surface area contributed by atoms with Gasteiger partial charge >= 0.3 is 0 Å². The molecule has 0 fully saturated rings. The number of rotatable bonds is 8. The van der Waals surface area contributed by atoms with Crippen molar-refractivity contribution in [3.05, 3.63) is 57.8 Å². The van der Waals surface area contributed by atoms with Crippen molar-refractivity contribution in [2.24, 2.45) is 5.92 Å². The Labute approximate surface area is 163 Å². The molecule has 1 N–H and O–H groups in total. The van der Waals surface area contributed by atoms with Gasteiger partial charge in [0.05, 0.1) is 11.6 Å². The highest BCUT2D eigenvalue weighted by Crippen LogP contribution is 2.37. The predicted molar refractivity (Wildman–Crippen MR) is 105 cm³/mol. The first kappa shape index (κ1) is 21.7. The molecule has 0 heterocycles. The van der Waals surface area contributed by atoms with E-state index in [1.54, 1.807) is 25.3 Å². The molecule has 0 aliphatic heterocycles. The Morgan fingerprint density at radius 2 is 1.92 bits per heavy atom. The SMILES string of the molecule is COc1cc(CNCC(C)C)cc(Br)c1OCc1ccccc1F.Cl. The summed E-state index contributed by atoms with van der Waals surface area (Å²) in [5.41, 5.74) is 1.60. The predicted octanol–water partition coefficient (Wildman–Crippen LogP) is 5.34. The molecule has 0 radical (unpaired) electrons. The maximum Gasteiger partial charge on any atom is 0.175 e. The van der Waals surface area contributed by atoms with Gasteiger partial charge in [0.25, 0.3) is 0 Å². The zero-order chi connectivity index (χ0) is 17.5. The van der Waals surface area contributed by atoms with Crippen molar-refractivity contribution in [1.82, 2.24) is 5.32 Å². The summed E-state index contributed by atoms with van der Waals surface area (Å²) in [6.45, 7) is 6.19. The topological polar surface area (TPSA) is 30.5 Å². The van der Waals surface area contributed by atoms with Crippen molar-refractivity contribution < 1.29 is 13.9 Å². The molecule has 2 rings (SSSR count). The molecule has 0 saturated carbocycles. The third-order valence-corrected chi connectivity index (χ3v) is 4.09. The summed E-state index contributed by atoms with van der Waals surface area (Å²) in [6.07, 6.45) is 0. The van der Waals surface area contributed by atoms with E-state index in [4.69, 9.17) is 9.47 Å². The summed E-state index contributed by atoms with van der Waals surface area (Å²) in [6, 6.07) is 10.5. The van der Waals surface area contributed by atoms with Crippen LogP contribution in [0.4, 0.5) is 4.39 Å². The van der Waals surface area contributed by atoms with E-state index in [0.717, 1.165) is 23.1 Å². The van der Waals surface area contributed by atoms with Crippen LogP contribution in [0.3, 0.4) is 0 Å². The molecular formula is C19H24BrClFNO2. The van der Waals surface area contributed by atoms with E-state index < -0.39 is 0 Å². The van der Waals surface area contributed by atoms with E-state index >= 15 is 0 Å². The van der Waals surface area contributed by atoms with Crippen LogP contribution in [0.15, 0.2) is 40.9 Å². The van der Waals surface area contributed by atoms with E-state index in [9.17, 15) is 4.39 Å². The molecule has 6 heteroatoms. The Morgan fingerprint density at radius 1 is 1.20 bits per heavy atom. The van der Waals surface area contributed by atoms with E-state index in [2.05, 4.69) is 35.1 Å². The fraction of sp³-hybridized carbons (Fsp3) is 0.368. The van der Waals surface area contributed by atoms with Gasteiger partial charge in [-0.15, -0.1) is 12.4 Å². The van der Waals surface area contributed by atoms with Gasteiger partial charge in [-0.05, 0) is 52.2 Å². The van der Waals surface area contributed by atoms with Gasteiger partial charge in [-0.25, -0.2) is 4.39 Å². The van der Waals surface area contributed by atoms with Gasteiger partial charge in [-0.1, -0.05) is 32.0 Å². The summed E-state index contributed by atoms with van der Waals surface area (Å²) in [5.74, 6) is 1.52. The van der Waals surface area contributed by atoms with Gasteiger partial charge in [0.15, 0.2) is 11.5 Å². The monoisotopic (exact) mass is 431 g/mol. The second-order valence-corrected chi connectivity index (χ2v) is 6.87. The van der Waals surface area contributed by atoms with Gasteiger partial charge in [-0.2, -0.15) is 0 Å². The number of ether oxygens (including phenoxy) is 2. The van der Waals surface area contributed by atoms with E-state index in [1.807, 2.05) is 12.1 Å². The van der Waals surface area contributed by atoms with Gasteiger partial charge in [0, 0.05) is 12.1 Å². The average Bonchev–Trinajstić information content (AvgIpc) is 2.54. The standard InChI is InChI=1S/C19H23BrFNO2.ClH/c1-13(2)10-22-11-14-8-16(20)19(18(9-14)23-3)24-12-15-6-4-5-7-17(15)21;/h4-9,13,22H,10-12H2,1-3H3;1H. The minimum Gasteiger partial charge on any atom is -0.493 e. The zero-order valence-corrected chi connectivity index (χ0v) is 17.0. The van der Waals surface area contributed by atoms with Crippen LogP contribution in [-0.4, -0.2) is 13.7 Å². The number of methoxy groups -OCH3 is 1. The van der Waals surface area contributed by atoms with Crippen LogP contribution in [0, 0.1) is 11.7 Å². The van der Waals surface area contributed by atoms with Gasteiger partial charge in [0.2, 0.25) is 0 Å². The van der Waals surface area contributed by atoms with Crippen LogP contribution in [0.25, 0.3) is 0 Å². The summed E-state index contributed by atoms with van der Waals surface area (Å²) in [4.78, 5) is 0. The molecule has 0 aliphatic carbocycles. The Hall–Kier alpha value is -1.30. The van der Waals surface area contributed by atoms with Crippen molar-refractivity contribution in [3.63, 3.8) is 0 Å². The molecular weight excluding hydrogens is 409 g/mol. The second-order valence-electron chi connectivity index (χ2n) is 6.01. The third-order valence-electron chi connectivity index (χ3n) is 3.50. The van der Waals surface area contributed by atoms with Crippen molar-refractivity contribution in [2.45, 2.75) is 27.0 Å². The van der Waals surface area contributed by atoms with Crippen LogP contribution < -0.4 is 14.8 Å². The Bertz CT molecular complexity index is 682. The maximum atomic E-state index is 13.7. The fourth-order valence-corrected chi connectivity index (χ4v) is 2.89. The normalized spacial score (nSPS) is 10.5. The molecule has 0 spiro atoms. The highest BCUT2D eigenvalue weighted by molar-refractivity contribution is 9.10. The van der Waals surface area contributed by atoms with Gasteiger partial charge in [0.1, 0.15) is 12.4 Å². The summed E-state index contributed by atoms with van der Waals surface area (Å²) >= 11 is 3.53. The lowest BCUT2D eigenvalue weighted by Crippen LogP contribution is -2.19. The molecule has 3 nitrogen and oxygen atoms in total. The number of hydrogen-bond donors (Lipinski definition) is 1. The number of nitrogens with one attached hydrogen (secondary N) is 1. The molecule has 0 aromatic heterocycles. The summed E-state index contributed by atoms with van der Waals surface area (Å²) < 4.78 is 25.7. The minimum absolute atomic E-state index is 0. The van der Waals surface area contributed by atoms with Crippen LogP contribution >= 0.6 is 28.3 Å². The summed E-state index contributed by atoms with van der Waals surface area (Å²) in [5, 5.41) is 3.40. The first-order chi connectivity index (χ1) is 11.5. The smallest absolute Gasteiger partial charge is 0.175 e. The average molecular weight is 433 g/mol. The van der Waals surface area contributed by atoms with Crippen LogP contribution in [-0.2, 0) is 13.2 Å². The van der Waals surface area contributed by atoms with E-state index in [-0.39, 0.29) is 24.8 Å². The third kappa shape index (κ3) is 6.49. The molecule has 0 amide bonds. The van der Waals surface area contributed by atoms with E-state index in [1.165, 1.54) is 6.07 Å². The molecule has 2 aromatic carbocycles. The quantitative estimate of drug-likeness (QED) is 0.610. The van der Waals surface area contributed by atoms with Crippen molar-refractivity contribution in [3.8, 4) is 11.5 Å². The molecule has 138 valence electrons. The Balaban J connectivity index is 0.00000312. The van der Waals surface area contributed by atoms with Crippen molar-refractivity contribution >= 4 is 28.3 Å². The minimum atomic E-state index is -0.276. The molecule has 0 bridgehead atoms. The molecule has 0 saturated heterocycles. The maximum absolute atomic E-state index is 13.7. The number of hydrogen-bond acceptors (Lipinski definition) is 3. The highest BCUT2D eigenvalue weighted by Gasteiger charge is 2.13. The van der Waals surface area contributed by atoms with Crippen LogP contribution in [0.5, 0.6) is 11.5 Å². The van der Waals surface area contributed by atoms with E-state index in [0.29, 0.717) is 23.0 Å². The van der Waals surface area contributed by atoms with Gasteiger partial charge < -0.3 is 14.8 Å². The van der Waals surface area contributed by atoms with Gasteiger partial charge in [-0.3, -0.25) is 0 Å². The molecule has 0 aliphatic rings. The molecule has 0 atom stereocenters. The Morgan fingerprint density at radius 3 is 2.56 bits per heavy atom. The van der Waals surface area contributed by atoms with Crippen LogP contribution in [0.2, 0.25) is 0 Å². The molecule has 2 aromatic rings. The molecule has 25 heavy (non-hydrogen) atoms. The van der Waals surface area contributed by atoms with Crippen molar-refractivity contribution in [1.29, 1.82) is 0 Å². The molecule has 0 unspecified atom stereocenters. The second kappa shape index (κ2) is 10.6. The highest BCUT2D eigenvalue weighted by atomic mass is 79.9. The number of halogens is 3. The Kier molecular flexibility index (Phi) is 9.25. The number of benzene rings is 2. The lowest BCUT2D eigenvalue weighted by atomic mass is 10.1. The lowest BCUT2D eigenvalue weighted by Gasteiger charge is -2.15. The fourth-order valence-electron chi connectivity index (χ4n) is 2.29. The lowest BCUT2D eigenvalue weighted by molar-refractivity contribution is 0.277. The summed E-state index contributed by atoms with van der Waals surface area (Å²) in [7, 11) is 1.60. The van der Waals surface area contributed by atoms with Crippen molar-refractivity contribution in [2.75, 3.05) is 13.7 Å². The first-order valence-corrected chi connectivity index (χ1v) is 8.74. The largest absolute Gasteiger partial charge is 0.493 e. The first-order valence-electron chi connectivity index (χ1n) is 7.94. The van der Waals surface area contributed by atoms with Crippen LogP contribution in [0.1, 0.15) is 25.0 Å². The zero-order valence-electron chi connectivity index (χ0n) is 14.6.